The van der Waals surface area contributed by atoms with Crippen LogP contribution in [0, 0.1) is 0 Å². The van der Waals surface area contributed by atoms with E-state index in [0.717, 1.165) is 60.5 Å². The maximum absolute atomic E-state index is 9.23. The first-order chi connectivity index (χ1) is 15.2. The highest BCUT2D eigenvalue weighted by molar-refractivity contribution is 6.31. The zero-order chi connectivity index (χ0) is 21.4. The molecule has 0 bridgehead atoms. The minimum absolute atomic E-state index is 0.154. The molecule has 3 aromatic rings. The van der Waals surface area contributed by atoms with E-state index in [4.69, 9.17) is 16.6 Å². The Balaban J connectivity index is 1.60. The molecular formula is C23H25ClN6O. The fourth-order valence-corrected chi connectivity index (χ4v) is 4.52. The molecule has 5 rings (SSSR count). The fraction of sp³-hybridized carbons (Fsp3) is 0.348. The van der Waals surface area contributed by atoms with Crippen molar-refractivity contribution in [2.45, 2.75) is 13.0 Å². The topological polar surface area (TPSA) is 69.8 Å². The Morgan fingerprint density at radius 1 is 1.03 bits per heavy atom. The van der Waals surface area contributed by atoms with Gasteiger partial charge in [-0.05, 0) is 25.1 Å². The average Bonchev–Trinajstić information content (AvgIpc) is 3.19. The van der Waals surface area contributed by atoms with E-state index in [9.17, 15) is 5.11 Å². The van der Waals surface area contributed by atoms with Crippen LogP contribution < -0.4 is 4.90 Å². The molecule has 1 unspecified atom stereocenters. The monoisotopic (exact) mass is 436 g/mol. The number of aromatic nitrogens is 3. The van der Waals surface area contributed by atoms with Gasteiger partial charge in [0.1, 0.15) is 6.04 Å². The van der Waals surface area contributed by atoms with Crippen LogP contribution >= 0.6 is 11.6 Å². The number of aliphatic imine (C=N–C) groups is 1. The number of aliphatic hydroxyl groups is 1. The van der Waals surface area contributed by atoms with Gasteiger partial charge in [-0.25, -0.2) is 0 Å². The standard InChI is InChI=1S/C23H25ClN6O/c1-16-22-26-27-23(29-11-9-28(10-12-29)13-14-31)30(22)20-8-7-18(24)15-19(20)21(25-16)17-5-3-2-4-6-17/h2-8,15-16,31H,9-14H2,1H3. The van der Waals surface area contributed by atoms with Gasteiger partial charge in [0.05, 0.1) is 18.0 Å². The molecule has 0 radical (unpaired) electrons. The first-order valence-corrected chi connectivity index (χ1v) is 11.0. The first kappa shape index (κ1) is 20.2. The zero-order valence-corrected chi connectivity index (χ0v) is 18.2. The van der Waals surface area contributed by atoms with Crippen molar-refractivity contribution in [1.82, 2.24) is 19.7 Å². The second kappa shape index (κ2) is 8.42. The van der Waals surface area contributed by atoms with Gasteiger partial charge in [0.15, 0.2) is 5.82 Å². The highest BCUT2D eigenvalue weighted by Gasteiger charge is 2.30. The third-order valence-electron chi connectivity index (χ3n) is 5.94. The van der Waals surface area contributed by atoms with E-state index < -0.39 is 0 Å². The number of hydrogen-bond donors (Lipinski definition) is 1. The Morgan fingerprint density at radius 3 is 2.55 bits per heavy atom. The number of nitrogens with zero attached hydrogens (tertiary/aromatic N) is 6. The molecule has 1 aromatic heterocycles. The molecule has 7 nitrogen and oxygen atoms in total. The van der Waals surface area contributed by atoms with Crippen LogP contribution in [0.1, 0.15) is 29.9 Å². The third-order valence-corrected chi connectivity index (χ3v) is 6.18. The summed E-state index contributed by atoms with van der Waals surface area (Å²) in [7, 11) is 0. The van der Waals surface area contributed by atoms with Gasteiger partial charge in [0.2, 0.25) is 5.95 Å². The summed E-state index contributed by atoms with van der Waals surface area (Å²) in [4.78, 5) is 9.58. The van der Waals surface area contributed by atoms with Gasteiger partial charge in [0.25, 0.3) is 0 Å². The van der Waals surface area contributed by atoms with Crippen LogP contribution in [0.2, 0.25) is 5.02 Å². The van der Waals surface area contributed by atoms with Crippen LogP contribution in [0.4, 0.5) is 5.95 Å². The van der Waals surface area contributed by atoms with Gasteiger partial charge >= 0.3 is 0 Å². The summed E-state index contributed by atoms with van der Waals surface area (Å²) in [5, 5.41) is 19.0. The van der Waals surface area contributed by atoms with Crippen LogP contribution in [0.3, 0.4) is 0 Å². The van der Waals surface area contributed by atoms with Crippen LogP contribution in [-0.2, 0) is 0 Å². The second-order valence-electron chi connectivity index (χ2n) is 7.93. The molecule has 1 saturated heterocycles. The van der Waals surface area contributed by atoms with Gasteiger partial charge in [-0.3, -0.25) is 14.5 Å². The largest absolute Gasteiger partial charge is 0.395 e. The first-order valence-electron chi connectivity index (χ1n) is 10.6. The Morgan fingerprint density at radius 2 is 1.81 bits per heavy atom. The van der Waals surface area contributed by atoms with Crippen molar-refractivity contribution in [1.29, 1.82) is 0 Å². The molecule has 1 fully saturated rings. The van der Waals surface area contributed by atoms with Crippen molar-refractivity contribution >= 4 is 23.3 Å². The van der Waals surface area contributed by atoms with Crippen molar-refractivity contribution in [3.63, 3.8) is 0 Å². The van der Waals surface area contributed by atoms with Crippen LogP contribution in [0.15, 0.2) is 53.5 Å². The van der Waals surface area contributed by atoms with Crippen molar-refractivity contribution < 1.29 is 5.11 Å². The molecule has 0 spiro atoms. The van der Waals surface area contributed by atoms with E-state index in [1.807, 2.05) is 36.4 Å². The molecule has 160 valence electrons. The molecule has 2 aliphatic rings. The van der Waals surface area contributed by atoms with Crippen molar-refractivity contribution in [3.05, 3.63) is 70.5 Å². The van der Waals surface area contributed by atoms with Crippen molar-refractivity contribution in [3.8, 4) is 5.69 Å². The predicted octanol–water partition coefficient (Wildman–Crippen LogP) is 2.95. The Kier molecular flexibility index (Phi) is 5.48. The Labute approximate surface area is 186 Å². The minimum Gasteiger partial charge on any atom is -0.395 e. The van der Waals surface area contributed by atoms with Gasteiger partial charge in [0, 0.05) is 48.9 Å². The molecule has 8 heteroatoms. The summed E-state index contributed by atoms with van der Waals surface area (Å²) < 4.78 is 2.14. The van der Waals surface area contributed by atoms with Crippen molar-refractivity contribution in [2.24, 2.45) is 4.99 Å². The number of β-amino-alcohol motifs (C(OH)–C–C–N with tert-alkyl or cyclic N) is 1. The lowest BCUT2D eigenvalue weighted by Crippen LogP contribution is -2.48. The Bertz CT molecular complexity index is 1100. The average molecular weight is 437 g/mol. The summed E-state index contributed by atoms with van der Waals surface area (Å²) in [5.41, 5.74) is 3.93. The maximum atomic E-state index is 9.23. The molecular weight excluding hydrogens is 412 g/mol. The molecule has 1 atom stereocenters. The molecule has 2 aromatic carbocycles. The van der Waals surface area contributed by atoms with Crippen LogP contribution in [-0.4, -0.2) is 69.8 Å². The van der Waals surface area contributed by atoms with Gasteiger partial charge < -0.3 is 10.0 Å². The lowest BCUT2D eigenvalue weighted by atomic mass is 10.0. The zero-order valence-electron chi connectivity index (χ0n) is 17.4. The smallest absolute Gasteiger partial charge is 0.232 e. The number of hydrogen-bond acceptors (Lipinski definition) is 6. The van der Waals surface area contributed by atoms with Gasteiger partial charge in [-0.1, -0.05) is 41.9 Å². The van der Waals surface area contributed by atoms with Gasteiger partial charge in [-0.2, -0.15) is 0 Å². The summed E-state index contributed by atoms with van der Waals surface area (Å²) in [6.45, 7) is 6.39. The van der Waals surface area contributed by atoms with E-state index in [-0.39, 0.29) is 12.6 Å². The van der Waals surface area contributed by atoms with Gasteiger partial charge in [-0.15, -0.1) is 10.2 Å². The lowest BCUT2D eigenvalue weighted by molar-refractivity contribution is 0.188. The number of fused-ring (bicyclic) bond motifs is 3. The molecule has 3 heterocycles. The quantitative estimate of drug-likeness (QED) is 0.681. The summed E-state index contributed by atoms with van der Waals surface area (Å²) in [6, 6.07) is 16.0. The molecule has 31 heavy (non-hydrogen) atoms. The molecule has 0 amide bonds. The third kappa shape index (κ3) is 3.73. The predicted molar refractivity (Wildman–Crippen MR) is 123 cm³/mol. The number of aliphatic hydroxyl groups excluding tert-OH is 1. The van der Waals surface area contributed by atoms with E-state index in [0.29, 0.717) is 11.6 Å². The van der Waals surface area contributed by atoms with E-state index in [2.05, 4.69) is 43.6 Å². The molecule has 1 N–H and O–H groups in total. The number of benzene rings is 2. The number of anilines is 1. The summed E-state index contributed by atoms with van der Waals surface area (Å²) in [6.07, 6.45) is 0. The Hall–Kier alpha value is -2.74. The van der Waals surface area contributed by atoms with Crippen LogP contribution in [0.25, 0.3) is 5.69 Å². The summed E-state index contributed by atoms with van der Waals surface area (Å²) >= 11 is 6.42. The fourth-order valence-electron chi connectivity index (χ4n) is 4.35. The minimum atomic E-state index is -0.154. The van der Waals surface area contributed by atoms with Crippen molar-refractivity contribution in [2.75, 3.05) is 44.2 Å². The molecule has 2 aliphatic heterocycles. The molecule has 0 saturated carbocycles. The SMILES string of the molecule is CC1N=C(c2ccccc2)c2cc(Cl)ccc2-n2c1nnc2N1CCN(CCO)CC1. The van der Waals surface area contributed by atoms with E-state index >= 15 is 0 Å². The van der Waals surface area contributed by atoms with E-state index in [1.54, 1.807) is 0 Å². The highest BCUT2D eigenvalue weighted by atomic mass is 35.5. The van der Waals surface area contributed by atoms with Crippen LogP contribution in [0.5, 0.6) is 0 Å². The van der Waals surface area contributed by atoms with E-state index in [1.165, 1.54) is 0 Å². The summed E-state index contributed by atoms with van der Waals surface area (Å²) in [5.74, 6) is 1.65. The highest BCUT2D eigenvalue weighted by Crippen LogP contribution is 2.34. The normalized spacial score (nSPS) is 18.9. The number of rotatable bonds is 4. The second-order valence-corrected chi connectivity index (χ2v) is 8.36. The maximum Gasteiger partial charge on any atom is 0.232 e. The number of halogens is 1. The number of piperazine rings is 1. The lowest BCUT2D eigenvalue weighted by Gasteiger charge is -2.35. The molecule has 0 aliphatic carbocycles.